The molecule has 0 fully saturated rings. The Labute approximate surface area is 405 Å². The van der Waals surface area contributed by atoms with Crippen molar-refractivity contribution in [1.29, 1.82) is 0 Å². The van der Waals surface area contributed by atoms with Crippen LogP contribution in [0.25, 0.3) is 147 Å². The van der Waals surface area contributed by atoms with Crippen LogP contribution < -0.4 is 0 Å². The maximum absolute atomic E-state index is 6.62. The SMILES string of the molecule is c1ccc(-c2cc(-c3ccc4c(c3)oc3ccccc34)cc(-c3cccc4oc5ccc(-c6ccc7sc8c(-c9ccc%10c(c9)c9ccccc9n%10-c9ccccc9)cccc8c7c6)cc5c34)n2)cc1. The average Bonchev–Trinajstić information content (AvgIpc) is 4.19. The summed E-state index contributed by atoms with van der Waals surface area (Å²) in [5, 5.41) is 9.36. The van der Waals surface area contributed by atoms with E-state index in [4.69, 9.17) is 13.8 Å². The molecule has 5 aromatic heterocycles. The van der Waals surface area contributed by atoms with Gasteiger partial charge in [0.1, 0.15) is 22.3 Å². The van der Waals surface area contributed by atoms with Crippen LogP contribution in [0.3, 0.4) is 0 Å². The number of furan rings is 2. The van der Waals surface area contributed by atoms with Crippen molar-refractivity contribution in [1.82, 2.24) is 9.55 Å². The molecule has 15 rings (SSSR count). The minimum absolute atomic E-state index is 0.830. The van der Waals surface area contributed by atoms with E-state index in [1.54, 1.807) is 0 Å². The molecule has 0 radical (unpaired) electrons. The van der Waals surface area contributed by atoms with Gasteiger partial charge in [-0.1, -0.05) is 140 Å². The van der Waals surface area contributed by atoms with E-state index in [1.807, 2.05) is 29.5 Å². The maximum atomic E-state index is 6.62. The topological polar surface area (TPSA) is 44.1 Å². The van der Waals surface area contributed by atoms with E-state index in [0.717, 1.165) is 88.6 Å². The number of fused-ring (bicyclic) bond motifs is 12. The summed E-state index contributed by atoms with van der Waals surface area (Å²) in [5.41, 5.74) is 17.8. The lowest BCUT2D eigenvalue weighted by molar-refractivity contribution is 0.668. The van der Waals surface area contributed by atoms with Crippen molar-refractivity contribution in [3.05, 3.63) is 231 Å². The van der Waals surface area contributed by atoms with E-state index in [1.165, 1.54) is 58.8 Å². The first-order chi connectivity index (χ1) is 34.7. The summed E-state index contributed by atoms with van der Waals surface area (Å²) in [4.78, 5) is 5.38. The molecule has 0 spiro atoms. The van der Waals surface area contributed by atoms with Crippen molar-refractivity contribution in [3.8, 4) is 61.6 Å². The van der Waals surface area contributed by atoms with E-state index in [0.29, 0.717) is 0 Å². The van der Waals surface area contributed by atoms with Gasteiger partial charge in [0.25, 0.3) is 0 Å². The third kappa shape index (κ3) is 6.05. The van der Waals surface area contributed by atoms with E-state index in [2.05, 4.69) is 217 Å². The molecule has 10 aromatic carbocycles. The lowest BCUT2D eigenvalue weighted by Crippen LogP contribution is -1.92. The van der Waals surface area contributed by atoms with Gasteiger partial charge < -0.3 is 13.4 Å². The van der Waals surface area contributed by atoms with Crippen LogP contribution in [0.15, 0.2) is 239 Å². The molecule has 70 heavy (non-hydrogen) atoms. The van der Waals surface area contributed by atoms with E-state index < -0.39 is 0 Å². The van der Waals surface area contributed by atoms with Gasteiger partial charge in [-0.2, -0.15) is 0 Å². The summed E-state index contributed by atoms with van der Waals surface area (Å²) in [5.74, 6) is 0. The second-order valence-corrected chi connectivity index (χ2v) is 19.3. The summed E-state index contributed by atoms with van der Waals surface area (Å²) >= 11 is 1.87. The Morgan fingerprint density at radius 3 is 1.84 bits per heavy atom. The molecule has 4 nitrogen and oxygen atoms in total. The Morgan fingerprint density at radius 2 is 0.943 bits per heavy atom. The van der Waals surface area contributed by atoms with Crippen LogP contribution in [0.4, 0.5) is 0 Å². The summed E-state index contributed by atoms with van der Waals surface area (Å²) in [6.07, 6.45) is 0. The molecule has 15 aromatic rings. The van der Waals surface area contributed by atoms with Gasteiger partial charge in [-0.15, -0.1) is 11.3 Å². The van der Waals surface area contributed by atoms with Crippen molar-refractivity contribution in [2.24, 2.45) is 0 Å². The Morgan fingerprint density at radius 1 is 0.329 bits per heavy atom. The molecule has 0 unspecified atom stereocenters. The lowest BCUT2D eigenvalue weighted by atomic mass is 9.96. The average molecular weight is 911 g/mol. The zero-order valence-corrected chi connectivity index (χ0v) is 38.4. The predicted octanol–water partition coefficient (Wildman–Crippen LogP) is 18.7. The van der Waals surface area contributed by atoms with Gasteiger partial charge in [-0.25, -0.2) is 4.98 Å². The number of nitrogens with zero attached hydrogens (tertiary/aromatic N) is 2. The van der Waals surface area contributed by atoms with Gasteiger partial charge in [0.2, 0.25) is 0 Å². The lowest BCUT2D eigenvalue weighted by Gasteiger charge is -2.11. The van der Waals surface area contributed by atoms with Crippen molar-refractivity contribution < 1.29 is 8.83 Å². The molecule has 0 bridgehead atoms. The van der Waals surface area contributed by atoms with E-state index in [-0.39, 0.29) is 0 Å². The smallest absolute Gasteiger partial charge is 0.136 e. The molecule has 5 heterocycles. The molecule has 0 aliphatic rings. The minimum atomic E-state index is 0.830. The molecule has 0 amide bonds. The first-order valence-corrected chi connectivity index (χ1v) is 24.5. The second kappa shape index (κ2) is 15.2. The highest BCUT2D eigenvalue weighted by molar-refractivity contribution is 7.26. The first-order valence-electron chi connectivity index (χ1n) is 23.7. The Kier molecular flexibility index (Phi) is 8.49. The van der Waals surface area contributed by atoms with Gasteiger partial charge in [0.05, 0.1) is 22.4 Å². The summed E-state index contributed by atoms with van der Waals surface area (Å²) < 4.78 is 17.9. The zero-order valence-electron chi connectivity index (χ0n) is 37.6. The summed E-state index contributed by atoms with van der Waals surface area (Å²) in [7, 11) is 0. The van der Waals surface area contributed by atoms with Crippen molar-refractivity contribution in [3.63, 3.8) is 0 Å². The van der Waals surface area contributed by atoms with Gasteiger partial charge in [-0.3, -0.25) is 0 Å². The standard InChI is InChI=1S/C65H38N2O2S/c1-3-13-39(14-4-1)55-36-44(42-25-29-49-48-18-8-10-23-59(48)69-62(49)38-42)37-56(66-55)51-21-12-24-61-64(51)54-34-40(27-31-60(54)68-61)41-28-32-63-53(33-41)50-20-11-19-46(65(50)70-63)43-26-30-58-52(35-43)47-17-7-9-22-57(47)67(58)45-15-5-2-6-16-45/h1-38H. The number of hydrogen-bond donors (Lipinski definition) is 0. The van der Waals surface area contributed by atoms with E-state index in [9.17, 15) is 0 Å². The van der Waals surface area contributed by atoms with Gasteiger partial charge in [0, 0.05) is 69.3 Å². The fourth-order valence-electron chi connectivity index (χ4n) is 10.9. The number of aromatic nitrogens is 2. The maximum Gasteiger partial charge on any atom is 0.136 e. The molecule has 0 atom stereocenters. The third-order valence-electron chi connectivity index (χ3n) is 14.2. The molecule has 0 saturated carbocycles. The van der Waals surface area contributed by atoms with Crippen molar-refractivity contribution >= 4 is 97.2 Å². The van der Waals surface area contributed by atoms with Crippen molar-refractivity contribution in [2.45, 2.75) is 0 Å². The number of thiophene rings is 1. The number of hydrogen-bond acceptors (Lipinski definition) is 4. The predicted molar refractivity (Wildman–Crippen MR) is 293 cm³/mol. The monoisotopic (exact) mass is 910 g/mol. The fourth-order valence-corrected chi connectivity index (χ4v) is 12.1. The number of para-hydroxylation sites is 3. The normalized spacial score (nSPS) is 12.0. The summed E-state index contributed by atoms with van der Waals surface area (Å²) in [6, 6.07) is 82.5. The molecule has 0 saturated heterocycles. The van der Waals surface area contributed by atoms with Crippen LogP contribution in [0.5, 0.6) is 0 Å². The molecule has 326 valence electrons. The summed E-state index contributed by atoms with van der Waals surface area (Å²) in [6.45, 7) is 0. The van der Waals surface area contributed by atoms with Crippen LogP contribution in [0.1, 0.15) is 0 Å². The largest absolute Gasteiger partial charge is 0.456 e. The second-order valence-electron chi connectivity index (χ2n) is 18.2. The Balaban J connectivity index is 0.847. The molecule has 0 aliphatic carbocycles. The molecular weight excluding hydrogens is 873 g/mol. The zero-order chi connectivity index (χ0) is 45.9. The number of benzene rings is 10. The highest BCUT2D eigenvalue weighted by Crippen LogP contribution is 2.45. The number of pyridine rings is 1. The first kappa shape index (κ1) is 39.0. The van der Waals surface area contributed by atoms with Crippen LogP contribution in [-0.2, 0) is 0 Å². The highest BCUT2D eigenvalue weighted by Gasteiger charge is 2.20. The Hall–Kier alpha value is -9.03. The third-order valence-corrected chi connectivity index (χ3v) is 15.4. The van der Waals surface area contributed by atoms with Gasteiger partial charge in [0.15, 0.2) is 0 Å². The highest BCUT2D eigenvalue weighted by atomic mass is 32.1. The van der Waals surface area contributed by atoms with Crippen LogP contribution >= 0.6 is 11.3 Å². The van der Waals surface area contributed by atoms with Crippen LogP contribution in [0, 0.1) is 0 Å². The quantitative estimate of drug-likeness (QED) is 0.167. The van der Waals surface area contributed by atoms with Crippen LogP contribution in [0.2, 0.25) is 0 Å². The fraction of sp³-hybridized carbons (Fsp3) is 0. The molecule has 0 aliphatic heterocycles. The minimum Gasteiger partial charge on any atom is -0.456 e. The molecule has 0 N–H and O–H groups in total. The van der Waals surface area contributed by atoms with Gasteiger partial charge >= 0.3 is 0 Å². The number of rotatable bonds is 6. The van der Waals surface area contributed by atoms with E-state index >= 15 is 0 Å². The van der Waals surface area contributed by atoms with Crippen molar-refractivity contribution in [2.75, 3.05) is 0 Å². The molecular formula is C65H38N2O2S. The van der Waals surface area contributed by atoms with Gasteiger partial charge in [-0.05, 0) is 124 Å². The molecule has 5 heteroatoms. The van der Waals surface area contributed by atoms with Crippen LogP contribution in [-0.4, -0.2) is 9.55 Å². The Bertz CT molecular complexity index is 4590.